The van der Waals surface area contributed by atoms with Gasteiger partial charge >= 0.3 is 0 Å². The highest BCUT2D eigenvalue weighted by atomic mass is 28.2. The molecule has 0 fully saturated rings. The Morgan fingerprint density at radius 2 is 2.33 bits per heavy atom. The van der Waals surface area contributed by atoms with Crippen LogP contribution in [0.2, 0.25) is 0 Å². The molecule has 0 aromatic rings. The molecule has 0 heterocycles. The van der Waals surface area contributed by atoms with Gasteiger partial charge in [0.05, 0.1) is 19.7 Å². The molecule has 1 N–H and O–H groups in total. The second-order valence-electron chi connectivity index (χ2n) is 2.19. The number of hydrogen-bond acceptors (Lipinski definition) is 1. The Hall–Kier alpha value is 0.104. The van der Waals surface area contributed by atoms with Gasteiger partial charge in [0, 0.05) is 0 Å². The van der Waals surface area contributed by atoms with Crippen LogP contribution < -0.4 is 4.65 Å². The van der Waals surface area contributed by atoms with Gasteiger partial charge in [-0.05, 0) is 6.42 Å². The van der Waals surface area contributed by atoms with Crippen molar-refractivity contribution in [2.24, 2.45) is 0 Å². The van der Waals surface area contributed by atoms with Gasteiger partial charge in [0.15, 0.2) is 0 Å². The van der Waals surface area contributed by atoms with Crippen LogP contribution in [-0.2, 0) is 0 Å². The quantitative estimate of drug-likeness (QED) is 0.425. The molecule has 1 nitrogen and oxygen atoms in total. The van der Waals surface area contributed by atoms with Gasteiger partial charge in [-0.2, -0.15) is 0 Å². The molecule has 0 bridgehead atoms. The van der Waals surface area contributed by atoms with Crippen molar-refractivity contribution in [3.8, 4) is 0 Å². The highest BCUT2D eigenvalue weighted by molar-refractivity contribution is 6.50. The first-order chi connectivity index (χ1) is 4.41. The van der Waals surface area contributed by atoms with E-state index in [0.717, 1.165) is 10.4 Å². The molecule has 0 spiro atoms. The summed E-state index contributed by atoms with van der Waals surface area (Å²) >= 11 is 0. The Kier molecular flexibility index (Phi) is 8.20. The summed E-state index contributed by atoms with van der Waals surface area (Å²) in [7, 11) is 1.66. The Morgan fingerprint density at radius 1 is 1.56 bits per heavy atom. The number of rotatable bonds is 5. The van der Waals surface area contributed by atoms with Crippen LogP contribution in [0.1, 0.15) is 32.6 Å². The molecule has 0 aromatic heterocycles. The summed E-state index contributed by atoms with van der Waals surface area (Å²) in [5.41, 5.74) is 2.42. The maximum atomic E-state index is 3.31. The van der Waals surface area contributed by atoms with Crippen LogP contribution in [0.15, 0.2) is 0 Å². The first-order valence-electron chi connectivity index (χ1n) is 3.74. The van der Waals surface area contributed by atoms with Crippen LogP contribution in [0.25, 0.3) is 0 Å². The minimum atomic E-state index is 0.497. The lowest BCUT2D eigenvalue weighted by Gasteiger charge is -1.90. The lowest BCUT2D eigenvalue weighted by molar-refractivity contribution is 0.748. The normalized spacial score (nSPS) is 10.8. The van der Waals surface area contributed by atoms with Gasteiger partial charge in [-0.15, -0.1) is 0 Å². The van der Waals surface area contributed by atoms with Gasteiger partial charge in [-0.25, -0.2) is 0 Å². The monoisotopic (exact) mass is 159 g/mol. The van der Waals surface area contributed by atoms with E-state index >= 15 is 0 Å². The summed E-state index contributed by atoms with van der Waals surface area (Å²) in [6, 6.07) is 0. The van der Waals surface area contributed by atoms with E-state index in [1.165, 1.54) is 25.7 Å². The van der Waals surface area contributed by atoms with Gasteiger partial charge in [-0.3, -0.25) is 0 Å². The maximum absolute atomic E-state index is 3.31. The summed E-state index contributed by atoms with van der Waals surface area (Å²) < 4.78 is 3.31. The van der Waals surface area contributed by atoms with Gasteiger partial charge in [0.25, 0.3) is 0 Å². The van der Waals surface area contributed by atoms with Crippen LogP contribution in [0, 0.1) is 0 Å². The van der Waals surface area contributed by atoms with Crippen LogP contribution in [0.3, 0.4) is 0 Å². The molecule has 0 atom stereocenters. The van der Waals surface area contributed by atoms with E-state index in [1.807, 2.05) is 0 Å². The van der Waals surface area contributed by atoms with Gasteiger partial charge in [0.2, 0.25) is 0 Å². The smallest absolute Gasteiger partial charge is 0.0935 e. The molecule has 0 saturated heterocycles. The second kappa shape index (κ2) is 8.10. The number of unbranched alkanes of at least 4 members (excludes halogenated alkanes) is 3. The van der Waals surface area contributed by atoms with E-state index in [0.29, 0.717) is 9.29 Å². The van der Waals surface area contributed by atoms with Crippen molar-refractivity contribution in [1.29, 1.82) is 0 Å². The van der Waals surface area contributed by atoms with Crippen LogP contribution in [0.5, 0.6) is 0 Å². The molecule has 0 aromatic carbocycles. The molecular weight excluding hydrogens is 142 g/mol. The van der Waals surface area contributed by atoms with Crippen molar-refractivity contribution in [2.75, 3.05) is 0 Å². The third-order valence-corrected chi connectivity index (χ3v) is 3.16. The van der Waals surface area contributed by atoms with Crippen LogP contribution in [0.4, 0.5) is 0 Å². The summed E-state index contributed by atoms with van der Waals surface area (Å²) in [6.45, 7) is 2.25. The summed E-state index contributed by atoms with van der Waals surface area (Å²) in [5, 5.41) is 0. The molecule has 9 heavy (non-hydrogen) atoms. The topological polar surface area (TPSA) is 12.0 Å². The predicted molar refractivity (Wildman–Crippen MR) is 50.4 cm³/mol. The second-order valence-corrected chi connectivity index (χ2v) is 5.30. The van der Waals surface area contributed by atoms with Crippen molar-refractivity contribution in [2.45, 2.75) is 32.6 Å². The number of nitrogens with one attached hydrogen (secondary N) is 1. The van der Waals surface area contributed by atoms with Crippen molar-refractivity contribution >= 4 is 25.4 Å². The summed E-state index contributed by atoms with van der Waals surface area (Å²) in [5.74, 6) is 0. The average Bonchev–Trinajstić information content (AvgIpc) is 1.89. The first-order valence-corrected chi connectivity index (χ1v) is 5.98. The average molecular weight is 159 g/mol. The SMILES string of the molecule is CCCCCC=[SiH]N[SiH3]. The molecule has 0 rings (SSSR count). The van der Waals surface area contributed by atoms with E-state index in [9.17, 15) is 0 Å². The molecule has 0 aliphatic rings. The molecule has 0 aliphatic carbocycles. The highest BCUT2D eigenvalue weighted by Gasteiger charge is 1.79. The predicted octanol–water partition coefficient (Wildman–Crippen LogP) is -0.410. The Morgan fingerprint density at radius 3 is 2.89 bits per heavy atom. The molecule has 0 radical (unpaired) electrons. The maximum Gasteiger partial charge on any atom is 0.0935 e. The lowest BCUT2D eigenvalue weighted by atomic mass is 10.2. The fraction of sp³-hybridized carbons (Fsp3) is 0.833. The summed E-state index contributed by atoms with van der Waals surface area (Å²) in [4.78, 5) is 0. The third-order valence-electron chi connectivity index (χ3n) is 1.26. The fourth-order valence-electron chi connectivity index (χ4n) is 0.713. The Labute approximate surface area is 63.3 Å². The lowest BCUT2D eigenvalue weighted by Crippen LogP contribution is -2.08. The number of hydrogen-bond donors (Lipinski definition) is 1. The Balaban J connectivity index is 2.82. The van der Waals surface area contributed by atoms with E-state index < -0.39 is 0 Å². The molecule has 3 heteroatoms. The van der Waals surface area contributed by atoms with Crippen LogP contribution >= 0.6 is 0 Å². The Bertz CT molecular complexity index is 73.5. The zero-order valence-corrected chi connectivity index (χ0v) is 9.64. The zero-order valence-electron chi connectivity index (χ0n) is 6.48. The van der Waals surface area contributed by atoms with Gasteiger partial charge in [0.1, 0.15) is 0 Å². The minimum absolute atomic E-state index is 0.497. The largest absolute Gasteiger partial charge is 0.457 e. The first kappa shape index (κ1) is 9.10. The molecular formula is C6H17NSi2. The molecule has 0 unspecified atom stereocenters. The van der Waals surface area contributed by atoms with Crippen molar-refractivity contribution in [3.05, 3.63) is 0 Å². The van der Waals surface area contributed by atoms with Gasteiger partial charge < -0.3 is 4.65 Å². The minimum Gasteiger partial charge on any atom is -0.457 e. The molecule has 0 amide bonds. The highest BCUT2D eigenvalue weighted by Crippen LogP contribution is 1.94. The van der Waals surface area contributed by atoms with E-state index in [2.05, 4.69) is 17.2 Å². The van der Waals surface area contributed by atoms with Gasteiger partial charge in [-0.1, -0.05) is 31.9 Å². The van der Waals surface area contributed by atoms with Crippen LogP contribution in [-0.4, -0.2) is 25.4 Å². The van der Waals surface area contributed by atoms with Crippen molar-refractivity contribution in [3.63, 3.8) is 0 Å². The van der Waals surface area contributed by atoms with E-state index in [-0.39, 0.29) is 0 Å². The van der Waals surface area contributed by atoms with Crippen molar-refractivity contribution < 1.29 is 0 Å². The van der Waals surface area contributed by atoms with E-state index in [4.69, 9.17) is 0 Å². The van der Waals surface area contributed by atoms with Crippen molar-refractivity contribution in [1.82, 2.24) is 4.65 Å². The molecule has 0 aliphatic heterocycles. The standard InChI is InChI=1S/C6H17NSi2/c1-2-3-4-5-6-9-7-8/h6-7,9H,2-5H2,1,8H3. The fourth-order valence-corrected chi connectivity index (χ4v) is 2.06. The zero-order chi connectivity index (χ0) is 6.95. The third kappa shape index (κ3) is 8.10. The summed E-state index contributed by atoms with van der Waals surface area (Å²) in [6.07, 6.45) is 5.47. The molecule has 0 saturated carbocycles. The molecule has 54 valence electrons. The van der Waals surface area contributed by atoms with E-state index in [1.54, 1.807) is 0 Å².